The average molecular weight is 437 g/mol. The van der Waals surface area contributed by atoms with E-state index >= 15 is 0 Å². The Morgan fingerprint density at radius 3 is 2.45 bits per heavy atom. The molecule has 1 aromatic carbocycles. The molecule has 0 radical (unpaired) electrons. The van der Waals surface area contributed by atoms with Crippen LogP contribution in [0.4, 0.5) is 13.2 Å². The fourth-order valence-electron chi connectivity index (χ4n) is 3.85. The lowest BCUT2D eigenvalue weighted by Gasteiger charge is -2.26. The number of rotatable bonds is 8. The van der Waals surface area contributed by atoms with E-state index in [1.807, 2.05) is 0 Å². The van der Waals surface area contributed by atoms with Crippen LogP contribution in [0.5, 0.6) is 0 Å². The summed E-state index contributed by atoms with van der Waals surface area (Å²) in [5.74, 6) is -0.720. The number of hydrogen-bond acceptors (Lipinski definition) is 4. The highest BCUT2D eigenvalue weighted by molar-refractivity contribution is 5.95. The van der Waals surface area contributed by atoms with Gasteiger partial charge in [0, 0.05) is 32.2 Å². The molecule has 3 rings (SSSR count). The Hall–Kier alpha value is -2.68. The summed E-state index contributed by atoms with van der Waals surface area (Å²) in [6, 6.07) is 8.27. The molecule has 0 unspecified atom stereocenters. The van der Waals surface area contributed by atoms with Crippen LogP contribution in [0, 0.1) is 5.92 Å². The number of carbonyl (C=O) groups excluding carboxylic acids is 2. The number of amides is 1. The number of carbonyl (C=O) groups is 2. The molecule has 1 amide bonds. The maximum atomic E-state index is 13.4. The number of aromatic nitrogens is 2. The molecule has 1 aliphatic carbocycles. The van der Waals surface area contributed by atoms with E-state index in [0.29, 0.717) is 12.1 Å². The summed E-state index contributed by atoms with van der Waals surface area (Å²) in [6.07, 6.45) is 0.486. The summed E-state index contributed by atoms with van der Waals surface area (Å²) >= 11 is 0. The van der Waals surface area contributed by atoms with Crippen molar-refractivity contribution < 1.29 is 27.5 Å². The van der Waals surface area contributed by atoms with E-state index in [-0.39, 0.29) is 30.8 Å². The Morgan fingerprint density at radius 1 is 1.16 bits per heavy atom. The quantitative estimate of drug-likeness (QED) is 0.629. The number of ketones is 1. The predicted molar refractivity (Wildman–Crippen MR) is 108 cm³/mol. The van der Waals surface area contributed by atoms with Gasteiger partial charge in [-0.3, -0.25) is 9.59 Å². The van der Waals surface area contributed by atoms with Crippen LogP contribution in [0.25, 0.3) is 5.69 Å². The first kappa shape index (κ1) is 23.0. The largest absolute Gasteiger partial charge is 0.435 e. The van der Waals surface area contributed by atoms with Crippen LogP contribution >= 0.6 is 0 Å². The standard InChI is InChI=1S/C22H26F3N3O3/c1-31-17-11-9-15(10-12-17)19(29)8-5-13-26-21(30)18-14-28(16-6-3-2-4-7-16)27-20(18)22(23,24)25/h2-4,6-7,14-15,17H,5,8-13H2,1H3,(H,26,30). The van der Waals surface area contributed by atoms with Crippen LogP contribution in [0.15, 0.2) is 36.5 Å². The molecule has 1 aromatic heterocycles. The third-order valence-corrected chi connectivity index (χ3v) is 5.60. The van der Waals surface area contributed by atoms with Crippen molar-refractivity contribution in [2.75, 3.05) is 13.7 Å². The normalized spacial score (nSPS) is 19.2. The molecule has 1 heterocycles. The number of para-hydroxylation sites is 1. The third kappa shape index (κ3) is 5.94. The molecule has 1 N–H and O–H groups in total. The summed E-state index contributed by atoms with van der Waals surface area (Å²) in [5, 5.41) is 6.06. The van der Waals surface area contributed by atoms with E-state index in [0.717, 1.165) is 36.6 Å². The zero-order valence-corrected chi connectivity index (χ0v) is 17.3. The molecule has 1 saturated carbocycles. The van der Waals surface area contributed by atoms with Crippen molar-refractivity contribution in [3.05, 3.63) is 47.8 Å². The van der Waals surface area contributed by atoms with Crippen LogP contribution in [-0.2, 0) is 15.7 Å². The summed E-state index contributed by atoms with van der Waals surface area (Å²) in [7, 11) is 1.67. The number of alkyl halides is 3. The van der Waals surface area contributed by atoms with Crippen molar-refractivity contribution in [1.29, 1.82) is 0 Å². The first-order chi connectivity index (χ1) is 14.8. The van der Waals surface area contributed by atoms with Gasteiger partial charge in [0.2, 0.25) is 0 Å². The van der Waals surface area contributed by atoms with Gasteiger partial charge < -0.3 is 10.1 Å². The molecule has 2 aromatic rings. The molecule has 9 heteroatoms. The molecule has 0 bridgehead atoms. The molecule has 0 saturated heterocycles. The Labute approximate surface area is 178 Å². The Morgan fingerprint density at radius 2 is 1.84 bits per heavy atom. The van der Waals surface area contributed by atoms with E-state index < -0.39 is 23.3 Å². The van der Waals surface area contributed by atoms with Crippen LogP contribution in [-0.4, -0.2) is 41.2 Å². The lowest BCUT2D eigenvalue weighted by atomic mass is 9.83. The highest BCUT2D eigenvalue weighted by atomic mass is 19.4. The molecule has 0 aliphatic heterocycles. The van der Waals surface area contributed by atoms with Gasteiger partial charge in [0.05, 0.1) is 17.4 Å². The molecular weight excluding hydrogens is 411 g/mol. The third-order valence-electron chi connectivity index (χ3n) is 5.60. The topological polar surface area (TPSA) is 73.2 Å². The maximum absolute atomic E-state index is 13.4. The number of ether oxygens (including phenoxy) is 1. The number of benzene rings is 1. The molecular formula is C22H26F3N3O3. The number of nitrogens with one attached hydrogen (secondary N) is 1. The van der Waals surface area contributed by atoms with Crippen molar-refractivity contribution in [1.82, 2.24) is 15.1 Å². The first-order valence-corrected chi connectivity index (χ1v) is 10.4. The van der Waals surface area contributed by atoms with Crippen LogP contribution in [0.3, 0.4) is 0 Å². The van der Waals surface area contributed by atoms with Crippen LogP contribution < -0.4 is 5.32 Å². The Balaban J connectivity index is 1.55. The molecule has 168 valence electrons. The van der Waals surface area contributed by atoms with Crippen molar-refractivity contribution in [3.63, 3.8) is 0 Å². The highest BCUT2D eigenvalue weighted by Crippen LogP contribution is 2.31. The minimum absolute atomic E-state index is 0.00281. The van der Waals surface area contributed by atoms with Gasteiger partial charge in [0.25, 0.3) is 5.91 Å². The number of halogens is 3. The van der Waals surface area contributed by atoms with Crippen molar-refractivity contribution in [2.45, 2.75) is 50.8 Å². The van der Waals surface area contributed by atoms with Gasteiger partial charge >= 0.3 is 6.18 Å². The zero-order valence-electron chi connectivity index (χ0n) is 17.3. The fraction of sp³-hybridized carbons (Fsp3) is 0.500. The summed E-state index contributed by atoms with van der Waals surface area (Å²) in [6.45, 7) is 0.117. The fourth-order valence-corrected chi connectivity index (χ4v) is 3.85. The van der Waals surface area contributed by atoms with Crippen LogP contribution in [0.2, 0.25) is 0 Å². The Bertz CT molecular complexity index is 888. The molecule has 1 aliphatic rings. The van der Waals surface area contributed by atoms with E-state index in [2.05, 4.69) is 10.4 Å². The van der Waals surface area contributed by atoms with Gasteiger partial charge in [0.15, 0.2) is 5.69 Å². The van der Waals surface area contributed by atoms with Gasteiger partial charge in [-0.05, 0) is 44.2 Å². The van der Waals surface area contributed by atoms with Gasteiger partial charge in [0.1, 0.15) is 5.78 Å². The van der Waals surface area contributed by atoms with Crippen molar-refractivity contribution >= 4 is 11.7 Å². The monoisotopic (exact) mass is 437 g/mol. The predicted octanol–water partition coefficient (Wildman–Crippen LogP) is 4.18. The molecule has 6 nitrogen and oxygen atoms in total. The zero-order chi connectivity index (χ0) is 22.4. The second-order valence-electron chi connectivity index (χ2n) is 7.70. The molecule has 0 spiro atoms. The Kier molecular flexibility index (Phi) is 7.48. The van der Waals surface area contributed by atoms with Crippen molar-refractivity contribution in [3.8, 4) is 5.69 Å². The lowest BCUT2D eigenvalue weighted by Crippen LogP contribution is -2.28. The highest BCUT2D eigenvalue weighted by Gasteiger charge is 2.39. The van der Waals surface area contributed by atoms with Gasteiger partial charge in [-0.25, -0.2) is 4.68 Å². The SMILES string of the molecule is COC1CCC(C(=O)CCCNC(=O)c2cn(-c3ccccc3)nc2C(F)(F)F)CC1. The van der Waals surface area contributed by atoms with Gasteiger partial charge in [-0.15, -0.1) is 0 Å². The van der Waals surface area contributed by atoms with Gasteiger partial charge in [-0.2, -0.15) is 18.3 Å². The summed E-state index contributed by atoms with van der Waals surface area (Å²) in [4.78, 5) is 24.7. The smallest absolute Gasteiger partial charge is 0.381 e. The minimum Gasteiger partial charge on any atom is -0.381 e. The lowest BCUT2D eigenvalue weighted by molar-refractivity contribution is -0.141. The summed E-state index contributed by atoms with van der Waals surface area (Å²) < 4.78 is 46.5. The molecule has 1 fully saturated rings. The number of nitrogens with zero attached hydrogens (tertiary/aromatic N) is 2. The second kappa shape index (κ2) is 10.1. The van der Waals surface area contributed by atoms with Crippen molar-refractivity contribution in [2.24, 2.45) is 5.92 Å². The number of methoxy groups -OCH3 is 1. The number of hydrogen-bond donors (Lipinski definition) is 1. The van der Waals surface area contributed by atoms with E-state index in [1.54, 1.807) is 37.4 Å². The first-order valence-electron chi connectivity index (χ1n) is 10.4. The molecule has 31 heavy (non-hydrogen) atoms. The van der Waals surface area contributed by atoms with Gasteiger partial charge in [-0.1, -0.05) is 18.2 Å². The average Bonchev–Trinajstić information content (AvgIpc) is 3.23. The molecule has 0 atom stereocenters. The van der Waals surface area contributed by atoms with E-state index in [1.165, 1.54) is 0 Å². The van der Waals surface area contributed by atoms with E-state index in [4.69, 9.17) is 4.74 Å². The minimum atomic E-state index is -4.76. The maximum Gasteiger partial charge on any atom is 0.435 e. The number of Topliss-reactive ketones (excluding diaryl/α,β-unsaturated/α-hetero) is 1. The van der Waals surface area contributed by atoms with Crippen LogP contribution in [0.1, 0.15) is 54.6 Å². The summed E-state index contributed by atoms with van der Waals surface area (Å²) in [5.41, 5.74) is -1.36. The van der Waals surface area contributed by atoms with E-state index in [9.17, 15) is 22.8 Å². The second-order valence-corrected chi connectivity index (χ2v) is 7.70.